The van der Waals surface area contributed by atoms with Crippen LogP contribution in [0.1, 0.15) is 31.3 Å². The molecule has 5 heteroatoms. The second-order valence-corrected chi connectivity index (χ2v) is 4.63. The number of aromatic nitrogens is 2. The van der Waals surface area contributed by atoms with E-state index in [1.807, 2.05) is 32.9 Å². The molecule has 0 aliphatic carbocycles. The molecule has 1 aliphatic rings. The lowest BCUT2D eigenvalue weighted by atomic mass is 10.1. The predicted octanol–water partition coefficient (Wildman–Crippen LogP) is 3.10. The van der Waals surface area contributed by atoms with Crippen LogP contribution in [0.15, 0.2) is 12.1 Å². The van der Waals surface area contributed by atoms with Gasteiger partial charge in [0.2, 0.25) is 0 Å². The Kier molecular flexibility index (Phi) is 4.96. The zero-order valence-corrected chi connectivity index (χ0v) is 13.3. The van der Waals surface area contributed by atoms with E-state index in [2.05, 4.69) is 9.97 Å². The summed E-state index contributed by atoms with van der Waals surface area (Å²) in [5.41, 5.74) is 1.83. The second kappa shape index (κ2) is 6.72. The van der Waals surface area contributed by atoms with E-state index >= 15 is 0 Å². The van der Waals surface area contributed by atoms with Crippen molar-refractivity contribution in [1.29, 1.82) is 0 Å². The Bertz CT molecular complexity index is 624. The molecule has 0 radical (unpaired) electrons. The largest absolute Gasteiger partial charge is 0.493 e. The third kappa shape index (κ3) is 2.93. The van der Waals surface area contributed by atoms with Crippen LogP contribution in [0.4, 0.5) is 0 Å². The molecular weight excluding hydrogens is 268 g/mol. The normalized spacial score (nSPS) is 14.1. The zero-order chi connectivity index (χ0) is 15.4. The van der Waals surface area contributed by atoms with Gasteiger partial charge in [0.15, 0.2) is 11.5 Å². The smallest absolute Gasteiger partial charge is 0.162 e. The molecule has 0 saturated carbocycles. The summed E-state index contributed by atoms with van der Waals surface area (Å²) in [6, 6.07) is 3.82. The highest BCUT2D eigenvalue weighted by Gasteiger charge is 2.24. The monoisotopic (exact) mass is 290 g/mol. The fraction of sp³-hybridized carbons (Fsp3) is 0.500. The van der Waals surface area contributed by atoms with Gasteiger partial charge in [-0.15, -0.1) is 0 Å². The number of ether oxygens (including phenoxy) is 3. The summed E-state index contributed by atoms with van der Waals surface area (Å²) in [6.45, 7) is 7.40. The van der Waals surface area contributed by atoms with E-state index in [9.17, 15) is 0 Å². The van der Waals surface area contributed by atoms with Crippen LogP contribution in [0.2, 0.25) is 0 Å². The summed E-state index contributed by atoms with van der Waals surface area (Å²) in [7, 11) is 3.25. The lowest BCUT2D eigenvalue weighted by molar-refractivity contribution is 0.00494. The van der Waals surface area contributed by atoms with Crippen LogP contribution < -0.4 is 9.47 Å². The third-order valence-electron chi connectivity index (χ3n) is 3.41. The van der Waals surface area contributed by atoms with Gasteiger partial charge in [-0.2, -0.15) is 0 Å². The topological polar surface area (TPSA) is 53.5 Å². The number of hydrogen-bond donors (Lipinski definition) is 0. The first-order valence-electron chi connectivity index (χ1n) is 7.21. The van der Waals surface area contributed by atoms with Crippen LogP contribution >= 0.6 is 0 Å². The van der Waals surface area contributed by atoms with Gasteiger partial charge in [-0.3, -0.25) is 0 Å². The van der Waals surface area contributed by atoms with E-state index in [1.54, 1.807) is 14.2 Å². The summed E-state index contributed by atoms with van der Waals surface area (Å²) in [5, 5.41) is 0.988. The summed E-state index contributed by atoms with van der Waals surface area (Å²) < 4.78 is 15.8. The van der Waals surface area contributed by atoms with Gasteiger partial charge in [0.25, 0.3) is 0 Å². The quantitative estimate of drug-likeness (QED) is 0.869. The van der Waals surface area contributed by atoms with Gasteiger partial charge in [0, 0.05) is 17.1 Å². The molecule has 1 aromatic heterocycles. The molecule has 0 bridgehead atoms. The average molecular weight is 290 g/mol. The molecule has 0 N–H and O–H groups in total. The summed E-state index contributed by atoms with van der Waals surface area (Å²) in [5.74, 6) is 2.55. The fourth-order valence-electron chi connectivity index (χ4n) is 2.20. The Morgan fingerprint density at radius 1 is 1.05 bits per heavy atom. The van der Waals surface area contributed by atoms with Gasteiger partial charge in [0.05, 0.1) is 38.9 Å². The van der Waals surface area contributed by atoms with E-state index in [4.69, 9.17) is 14.2 Å². The summed E-state index contributed by atoms with van der Waals surface area (Å²) in [4.78, 5) is 9.18. The number of aryl methyl sites for hydroxylation is 1. The number of rotatable bonds is 3. The van der Waals surface area contributed by atoms with Crippen molar-refractivity contribution in [1.82, 2.24) is 9.97 Å². The zero-order valence-electron chi connectivity index (χ0n) is 13.3. The molecule has 1 saturated heterocycles. The maximum Gasteiger partial charge on any atom is 0.162 e. The lowest BCUT2D eigenvalue weighted by Gasteiger charge is -2.25. The Morgan fingerprint density at radius 2 is 1.67 bits per heavy atom. The van der Waals surface area contributed by atoms with Crippen molar-refractivity contribution >= 4 is 10.9 Å². The van der Waals surface area contributed by atoms with Crippen molar-refractivity contribution < 1.29 is 14.2 Å². The van der Waals surface area contributed by atoms with Gasteiger partial charge in [0.1, 0.15) is 5.82 Å². The Labute approximate surface area is 125 Å². The lowest BCUT2D eigenvalue weighted by Crippen LogP contribution is -2.27. The van der Waals surface area contributed by atoms with Crippen molar-refractivity contribution in [2.75, 3.05) is 27.4 Å². The van der Waals surface area contributed by atoms with Crippen LogP contribution in [0.5, 0.6) is 11.5 Å². The van der Waals surface area contributed by atoms with E-state index in [-0.39, 0.29) is 0 Å². The molecule has 3 rings (SSSR count). The molecule has 2 aromatic rings. The van der Waals surface area contributed by atoms with Crippen LogP contribution in [0.25, 0.3) is 10.9 Å². The summed E-state index contributed by atoms with van der Waals surface area (Å²) >= 11 is 0. The average Bonchev–Trinajstić information content (AvgIpc) is 2.46. The number of methoxy groups -OCH3 is 2. The summed E-state index contributed by atoms with van der Waals surface area (Å²) in [6.07, 6.45) is 0. The maximum atomic E-state index is 5.31. The molecular formula is C16H22N2O3. The molecule has 0 amide bonds. The minimum Gasteiger partial charge on any atom is -0.493 e. The van der Waals surface area contributed by atoms with E-state index in [1.165, 1.54) is 0 Å². The second-order valence-electron chi connectivity index (χ2n) is 4.63. The molecule has 0 unspecified atom stereocenters. The van der Waals surface area contributed by atoms with Crippen LogP contribution in [-0.4, -0.2) is 37.4 Å². The minimum atomic E-state index is 0.316. The van der Waals surface area contributed by atoms with Gasteiger partial charge < -0.3 is 14.2 Å². The van der Waals surface area contributed by atoms with Crippen molar-refractivity contribution in [2.45, 2.75) is 26.7 Å². The Morgan fingerprint density at radius 3 is 2.19 bits per heavy atom. The first-order valence-corrected chi connectivity index (χ1v) is 7.21. The van der Waals surface area contributed by atoms with E-state index < -0.39 is 0 Å². The number of benzene rings is 1. The van der Waals surface area contributed by atoms with Gasteiger partial charge >= 0.3 is 0 Å². The van der Waals surface area contributed by atoms with Crippen molar-refractivity contribution in [2.24, 2.45) is 0 Å². The molecule has 2 heterocycles. The van der Waals surface area contributed by atoms with E-state index in [0.29, 0.717) is 30.6 Å². The van der Waals surface area contributed by atoms with E-state index in [0.717, 1.165) is 22.4 Å². The number of nitrogens with zero attached hydrogens (tertiary/aromatic N) is 2. The standard InChI is InChI=1S/C14H16N2O3.C2H6/c1-8-10-4-12(17-2)13(18-3)5-11(10)16-14(15-8)9-6-19-7-9;1-2/h4-5,9H,6-7H2,1-3H3;1-2H3. The molecule has 114 valence electrons. The molecule has 0 atom stereocenters. The highest BCUT2D eigenvalue weighted by molar-refractivity contribution is 5.84. The first-order chi connectivity index (χ1) is 10.2. The molecule has 1 aliphatic heterocycles. The Hall–Kier alpha value is -1.88. The van der Waals surface area contributed by atoms with Gasteiger partial charge in [-0.1, -0.05) is 13.8 Å². The molecule has 0 spiro atoms. The highest BCUT2D eigenvalue weighted by Crippen LogP contribution is 2.33. The van der Waals surface area contributed by atoms with Gasteiger partial charge in [-0.05, 0) is 13.0 Å². The predicted molar refractivity (Wildman–Crippen MR) is 82.3 cm³/mol. The molecule has 21 heavy (non-hydrogen) atoms. The third-order valence-corrected chi connectivity index (χ3v) is 3.41. The van der Waals surface area contributed by atoms with Crippen LogP contribution in [-0.2, 0) is 4.74 Å². The fourth-order valence-corrected chi connectivity index (χ4v) is 2.20. The number of fused-ring (bicyclic) bond motifs is 1. The maximum absolute atomic E-state index is 5.31. The Balaban J connectivity index is 0.000000774. The first kappa shape index (κ1) is 15.5. The van der Waals surface area contributed by atoms with Crippen LogP contribution in [0.3, 0.4) is 0 Å². The van der Waals surface area contributed by atoms with Crippen molar-refractivity contribution in [3.63, 3.8) is 0 Å². The molecule has 5 nitrogen and oxygen atoms in total. The van der Waals surface area contributed by atoms with Gasteiger partial charge in [-0.25, -0.2) is 9.97 Å². The minimum absolute atomic E-state index is 0.316. The number of hydrogen-bond acceptors (Lipinski definition) is 5. The SMILES string of the molecule is CC.COc1cc2nc(C3COC3)nc(C)c2cc1OC. The molecule has 1 aromatic carbocycles. The highest BCUT2D eigenvalue weighted by atomic mass is 16.5. The molecule has 1 fully saturated rings. The van der Waals surface area contributed by atoms with Crippen molar-refractivity contribution in [3.05, 3.63) is 23.7 Å². The van der Waals surface area contributed by atoms with Crippen molar-refractivity contribution in [3.8, 4) is 11.5 Å². The van der Waals surface area contributed by atoms with Crippen LogP contribution in [0, 0.1) is 6.92 Å².